The maximum atomic E-state index is 11.5. The molecule has 1 aliphatic rings. The number of allylic oxidation sites excluding steroid dienone is 1. The van der Waals surface area contributed by atoms with Crippen molar-refractivity contribution in [3.05, 3.63) is 46.6 Å². The Morgan fingerprint density at radius 3 is 2.72 bits per heavy atom. The van der Waals surface area contributed by atoms with Gasteiger partial charge in [-0.25, -0.2) is 0 Å². The van der Waals surface area contributed by atoms with Crippen molar-refractivity contribution in [2.24, 2.45) is 0 Å². The lowest BCUT2D eigenvalue weighted by molar-refractivity contribution is 0.686. The van der Waals surface area contributed by atoms with Gasteiger partial charge in [0.2, 0.25) is 0 Å². The van der Waals surface area contributed by atoms with E-state index >= 15 is 0 Å². The molecule has 0 amide bonds. The molecule has 0 fully saturated rings. The van der Waals surface area contributed by atoms with Gasteiger partial charge in [-0.1, -0.05) is 56.5 Å². The molecule has 2 aromatic rings. The first kappa shape index (κ1) is 22.4. The van der Waals surface area contributed by atoms with Crippen LogP contribution in [0.3, 0.4) is 0 Å². The van der Waals surface area contributed by atoms with Crippen molar-refractivity contribution in [2.45, 2.75) is 24.9 Å². The molecular formula is C21H27ClN3OPS2. The molecule has 0 aliphatic carbocycles. The quantitative estimate of drug-likeness (QED) is 0.519. The number of fused-ring (bicyclic) bond motifs is 1. The van der Waals surface area contributed by atoms with Crippen LogP contribution in [-0.4, -0.2) is 44.7 Å². The number of nitrogens with one attached hydrogen (secondary N) is 1. The van der Waals surface area contributed by atoms with E-state index in [1.54, 1.807) is 6.26 Å². The summed E-state index contributed by atoms with van der Waals surface area (Å²) in [7, 11) is -1.14. The molecule has 2 unspecified atom stereocenters. The van der Waals surface area contributed by atoms with E-state index in [4.69, 9.17) is 11.6 Å². The lowest BCUT2D eigenvalue weighted by Crippen LogP contribution is -2.23. The number of benzene rings is 1. The second kappa shape index (κ2) is 9.71. The van der Waals surface area contributed by atoms with Crippen LogP contribution in [0.25, 0.3) is 5.70 Å². The summed E-state index contributed by atoms with van der Waals surface area (Å²) in [5, 5.41) is 12.0. The van der Waals surface area contributed by atoms with Crippen molar-refractivity contribution in [1.82, 2.24) is 15.1 Å². The smallest absolute Gasteiger partial charge is 0.161 e. The van der Waals surface area contributed by atoms with E-state index < -0.39 is 20.8 Å². The molecule has 8 heteroatoms. The number of nitrogens with zero attached hydrogens (tertiary/aromatic N) is 2. The van der Waals surface area contributed by atoms with E-state index in [1.807, 2.05) is 28.9 Å². The van der Waals surface area contributed by atoms with Crippen molar-refractivity contribution in [2.75, 3.05) is 30.7 Å². The maximum Gasteiger partial charge on any atom is 0.161 e. The van der Waals surface area contributed by atoms with Crippen LogP contribution >= 0.6 is 30.2 Å². The standard InChI is InChI=1S/C21H27ClN3OPS2/c1-5-29(3,4)14-6-12-25-21-19(20(22)24-25)18(11-13-27-21)23-15-16-7-9-17(10-8-16)28(2)26/h7-11,23,27H,5,12-13,15H2,1-4H3. The highest BCUT2D eigenvalue weighted by Crippen LogP contribution is 2.37. The third-order valence-electron chi connectivity index (χ3n) is 4.79. The van der Waals surface area contributed by atoms with E-state index in [1.165, 1.54) is 5.44 Å². The van der Waals surface area contributed by atoms with Crippen molar-refractivity contribution < 1.29 is 4.21 Å². The summed E-state index contributed by atoms with van der Waals surface area (Å²) in [5.41, 5.74) is 4.35. The minimum absolute atomic E-state index is 0.534. The molecule has 1 aromatic carbocycles. The fourth-order valence-electron chi connectivity index (χ4n) is 2.85. The molecule has 4 nitrogen and oxygen atoms in total. The summed E-state index contributed by atoms with van der Waals surface area (Å²) >= 11 is 6.51. The number of hydrogen-bond donors (Lipinski definition) is 1. The predicted octanol–water partition coefficient (Wildman–Crippen LogP) is 3.77. The summed E-state index contributed by atoms with van der Waals surface area (Å²) in [6.07, 6.45) is 9.34. The van der Waals surface area contributed by atoms with Gasteiger partial charge in [-0.15, -0.1) is 0 Å². The minimum atomic E-state index is -0.954. The first-order chi connectivity index (χ1) is 13.8. The number of hydrogen-bond acceptors (Lipinski definition) is 3. The van der Waals surface area contributed by atoms with Gasteiger partial charge in [-0.05, 0) is 42.1 Å². The summed E-state index contributed by atoms with van der Waals surface area (Å²) in [5.74, 6) is 4.41. The second-order valence-corrected chi connectivity index (χ2v) is 14.1. The lowest BCUT2D eigenvalue weighted by Gasteiger charge is -2.20. The molecule has 2 heterocycles. The summed E-state index contributed by atoms with van der Waals surface area (Å²) in [4.78, 5) is 0.840. The molecule has 0 spiro atoms. The lowest BCUT2D eigenvalue weighted by atomic mass is 10.2. The Morgan fingerprint density at radius 2 is 2.07 bits per heavy atom. The largest absolute Gasteiger partial charge is 0.381 e. The number of halogens is 1. The summed E-state index contributed by atoms with van der Waals surface area (Å²) in [6.45, 7) is 3.46. The maximum absolute atomic E-state index is 11.5. The van der Waals surface area contributed by atoms with E-state index in [2.05, 4.69) is 47.1 Å². The third-order valence-corrected chi connectivity index (χ3v) is 9.38. The molecule has 0 bridgehead atoms. The van der Waals surface area contributed by atoms with Crippen LogP contribution in [0.5, 0.6) is 0 Å². The number of aromatic nitrogens is 2. The van der Waals surface area contributed by atoms with Gasteiger partial charge >= 0.3 is 0 Å². The van der Waals surface area contributed by atoms with Crippen molar-refractivity contribution in [3.63, 3.8) is 0 Å². The average molecular weight is 468 g/mol. The van der Waals surface area contributed by atoms with Gasteiger partial charge in [-0.3, -0.25) is 8.89 Å². The van der Waals surface area contributed by atoms with Crippen molar-refractivity contribution in [1.29, 1.82) is 0 Å². The fourth-order valence-corrected chi connectivity index (χ4v) is 5.57. The monoisotopic (exact) mass is 467 g/mol. The van der Waals surface area contributed by atoms with Gasteiger partial charge in [0.25, 0.3) is 0 Å². The Labute approximate surface area is 184 Å². The van der Waals surface area contributed by atoms with Crippen LogP contribution in [0, 0.1) is 11.2 Å². The zero-order chi connectivity index (χ0) is 21.0. The Hall–Kier alpha value is -1.25. The van der Waals surface area contributed by atoms with Gasteiger partial charge in [0, 0.05) is 34.2 Å². The van der Waals surface area contributed by atoms with Gasteiger partial charge in [0.05, 0.1) is 11.0 Å². The Morgan fingerprint density at radius 1 is 1.34 bits per heavy atom. The molecule has 0 saturated carbocycles. The van der Waals surface area contributed by atoms with Crippen LogP contribution in [-0.2, 0) is 23.9 Å². The molecule has 0 saturated heterocycles. The SMILES string of the molecule is CCS(C)(C)C#CCn1nc(Cl)c2c1PCC=C2NCc1ccc(S(C)=O)cc1. The van der Waals surface area contributed by atoms with Crippen LogP contribution in [0.4, 0.5) is 0 Å². The summed E-state index contributed by atoms with van der Waals surface area (Å²) < 4.78 is 13.5. The normalized spacial score (nSPS) is 15.8. The van der Waals surface area contributed by atoms with Crippen LogP contribution in [0.15, 0.2) is 35.2 Å². The molecule has 3 rings (SSSR count). The van der Waals surface area contributed by atoms with Crippen molar-refractivity contribution in [3.8, 4) is 11.2 Å². The molecule has 1 aromatic heterocycles. The van der Waals surface area contributed by atoms with E-state index in [9.17, 15) is 4.21 Å². The van der Waals surface area contributed by atoms with Gasteiger partial charge < -0.3 is 5.32 Å². The van der Waals surface area contributed by atoms with Crippen LogP contribution in [0.2, 0.25) is 5.15 Å². The molecular weight excluding hydrogens is 441 g/mol. The van der Waals surface area contributed by atoms with Gasteiger partial charge in [0.1, 0.15) is 6.54 Å². The first-order valence-corrected chi connectivity index (χ1v) is 15.1. The highest BCUT2D eigenvalue weighted by molar-refractivity contribution is 8.36. The van der Waals surface area contributed by atoms with E-state index in [-0.39, 0.29) is 0 Å². The fraction of sp³-hybridized carbons (Fsp3) is 0.381. The zero-order valence-corrected chi connectivity index (χ0v) is 20.6. The third kappa shape index (κ3) is 5.67. The Balaban J connectivity index is 1.73. The summed E-state index contributed by atoms with van der Waals surface area (Å²) in [6, 6.07) is 7.85. The highest BCUT2D eigenvalue weighted by atomic mass is 35.5. The first-order valence-electron chi connectivity index (χ1n) is 9.38. The number of rotatable bonds is 6. The molecule has 2 atom stereocenters. The minimum Gasteiger partial charge on any atom is -0.381 e. The zero-order valence-electron chi connectivity index (χ0n) is 17.2. The predicted molar refractivity (Wildman–Crippen MR) is 131 cm³/mol. The van der Waals surface area contributed by atoms with E-state index in [0.717, 1.165) is 33.6 Å². The molecule has 0 radical (unpaired) electrons. The second-order valence-electron chi connectivity index (χ2n) is 7.23. The topological polar surface area (TPSA) is 46.9 Å². The molecule has 156 valence electrons. The molecule has 1 N–H and O–H groups in total. The Kier molecular flexibility index (Phi) is 7.51. The van der Waals surface area contributed by atoms with E-state index in [0.29, 0.717) is 26.8 Å². The van der Waals surface area contributed by atoms with Crippen LogP contribution < -0.4 is 10.8 Å². The van der Waals surface area contributed by atoms with Crippen LogP contribution in [0.1, 0.15) is 18.1 Å². The Bertz CT molecular complexity index is 1000. The molecule has 1 aliphatic heterocycles. The average Bonchev–Trinajstić information content (AvgIpc) is 3.03. The highest BCUT2D eigenvalue weighted by Gasteiger charge is 2.22. The van der Waals surface area contributed by atoms with Crippen molar-refractivity contribution >= 4 is 52.1 Å². The van der Waals surface area contributed by atoms with Gasteiger partial charge in [-0.2, -0.15) is 15.1 Å². The van der Waals surface area contributed by atoms with Gasteiger partial charge in [0.15, 0.2) is 5.15 Å². The molecule has 29 heavy (non-hydrogen) atoms.